The van der Waals surface area contributed by atoms with E-state index in [-0.39, 0.29) is 5.41 Å². The minimum absolute atomic E-state index is 0.282. The summed E-state index contributed by atoms with van der Waals surface area (Å²) in [5.74, 6) is 1.16. The molecule has 3 heteroatoms. The number of rotatable bonds is 2. The van der Waals surface area contributed by atoms with Gasteiger partial charge in [-0.25, -0.2) is 0 Å². The fourth-order valence-corrected chi connectivity index (χ4v) is 8.01. The smallest absolute Gasteiger partial charge is 0.201 e. The van der Waals surface area contributed by atoms with Crippen LogP contribution < -0.4 is 4.90 Å². The molecule has 1 fully saturated rings. The summed E-state index contributed by atoms with van der Waals surface area (Å²) in [5, 5.41) is 0. The van der Waals surface area contributed by atoms with Gasteiger partial charge in [-0.3, -0.25) is 4.99 Å². The van der Waals surface area contributed by atoms with Gasteiger partial charge in [0.15, 0.2) is 0 Å². The lowest BCUT2D eigenvalue weighted by Crippen LogP contribution is -2.52. The molecule has 0 saturated carbocycles. The van der Waals surface area contributed by atoms with E-state index in [1.165, 1.54) is 67.7 Å². The highest BCUT2D eigenvalue weighted by molar-refractivity contribution is 5.98. The first kappa shape index (κ1) is 23.1. The molecule has 2 aliphatic heterocycles. The number of benzene rings is 5. The minimum atomic E-state index is -0.282. The lowest BCUT2D eigenvalue weighted by molar-refractivity contribution is 0.360. The zero-order valence-corrected chi connectivity index (χ0v) is 23.1. The van der Waals surface area contributed by atoms with Crippen molar-refractivity contribution in [3.8, 4) is 33.4 Å². The lowest BCUT2D eigenvalue weighted by atomic mass is 9.70. The standard InChI is InChI=1S/C38H31N3/c1-4-15-33-29(12-1)30-13-2-5-16-34(30)38(33)35-17-6-3-14-31(35)32-25-27(18-19-36(32)38)26-10-7-11-28(24-26)41-23-9-22-40-21-8-20-39-37(40)41/h1-7,10-19,24-25H,8-9,20-23H2. The number of fused-ring (bicyclic) bond motifs is 11. The van der Waals surface area contributed by atoms with Crippen molar-refractivity contribution >= 4 is 11.6 Å². The number of nitrogens with zero attached hydrogens (tertiary/aromatic N) is 3. The van der Waals surface area contributed by atoms with Gasteiger partial charge in [-0.05, 0) is 86.7 Å². The molecule has 2 aliphatic carbocycles. The van der Waals surface area contributed by atoms with Crippen molar-refractivity contribution < 1.29 is 0 Å². The average molecular weight is 530 g/mol. The van der Waals surface area contributed by atoms with Gasteiger partial charge in [-0.2, -0.15) is 0 Å². The van der Waals surface area contributed by atoms with Crippen LogP contribution in [0.25, 0.3) is 33.4 Å². The van der Waals surface area contributed by atoms with Gasteiger partial charge in [0.05, 0.1) is 5.41 Å². The summed E-state index contributed by atoms with van der Waals surface area (Å²) in [6.45, 7) is 4.19. The molecule has 0 atom stereocenters. The van der Waals surface area contributed by atoms with E-state index in [4.69, 9.17) is 4.99 Å². The van der Waals surface area contributed by atoms with Crippen LogP contribution in [0.3, 0.4) is 0 Å². The predicted molar refractivity (Wildman–Crippen MR) is 169 cm³/mol. The van der Waals surface area contributed by atoms with Crippen molar-refractivity contribution in [3.05, 3.63) is 138 Å². The topological polar surface area (TPSA) is 18.8 Å². The summed E-state index contributed by atoms with van der Waals surface area (Å²) >= 11 is 0. The molecular weight excluding hydrogens is 498 g/mol. The minimum Gasteiger partial charge on any atom is -0.342 e. The Balaban J connectivity index is 1.21. The van der Waals surface area contributed by atoms with Crippen LogP contribution in [-0.4, -0.2) is 37.0 Å². The zero-order valence-electron chi connectivity index (χ0n) is 23.1. The Labute approximate surface area is 241 Å². The Morgan fingerprint density at radius 1 is 0.512 bits per heavy atom. The molecule has 0 amide bonds. The molecule has 2 heterocycles. The molecule has 0 N–H and O–H groups in total. The van der Waals surface area contributed by atoms with Crippen LogP contribution in [0.5, 0.6) is 0 Å². The summed E-state index contributed by atoms with van der Waals surface area (Å²) in [4.78, 5) is 9.82. The Bertz CT molecular complexity index is 1840. The van der Waals surface area contributed by atoms with Gasteiger partial charge in [-0.1, -0.05) is 97.1 Å². The molecule has 5 aromatic carbocycles. The first-order valence-electron chi connectivity index (χ1n) is 15.0. The van der Waals surface area contributed by atoms with E-state index in [0.29, 0.717) is 0 Å². The van der Waals surface area contributed by atoms with E-state index in [9.17, 15) is 0 Å². The van der Waals surface area contributed by atoms with Crippen LogP contribution in [0.4, 0.5) is 5.69 Å². The molecule has 1 saturated heterocycles. The Morgan fingerprint density at radius 3 is 1.85 bits per heavy atom. The normalized spacial score (nSPS) is 17.4. The highest BCUT2D eigenvalue weighted by Crippen LogP contribution is 2.62. The molecule has 5 aromatic rings. The summed E-state index contributed by atoms with van der Waals surface area (Å²) in [6.07, 6.45) is 2.33. The van der Waals surface area contributed by atoms with Crippen LogP contribution in [0.2, 0.25) is 0 Å². The van der Waals surface area contributed by atoms with Gasteiger partial charge in [0.2, 0.25) is 5.96 Å². The SMILES string of the molecule is c1cc(-c2ccc3c(c2)-c2ccccc2C32c3ccccc3-c3ccccc32)cc(N2CCCN3CCCN=C32)c1. The third-order valence-corrected chi connectivity index (χ3v) is 9.66. The van der Waals surface area contributed by atoms with Crippen molar-refractivity contribution in [2.45, 2.75) is 18.3 Å². The van der Waals surface area contributed by atoms with Crippen LogP contribution in [0.15, 0.2) is 120 Å². The molecule has 1 spiro atoms. The van der Waals surface area contributed by atoms with Crippen molar-refractivity contribution in [1.29, 1.82) is 0 Å². The number of guanidine groups is 1. The molecule has 41 heavy (non-hydrogen) atoms. The molecule has 0 bridgehead atoms. The van der Waals surface area contributed by atoms with Gasteiger partial charge in [-0.15, -0.1) is 0 Å². The quantitative estimate of drug-likeness (QED) is 0.226. The molecule has 198 valence electrons. The van der Waals surface area contributed by atoms with Gasteiger partial charge in [0.25, 0.3) is 0 Å². The van der Waals surface area contributed by atoms with Gasteiger partial charge >= 0.3 is 0 Å². The first-order valence-corrected chi connectivity index (χ1v) is 15.0. The maximum Gasteiger partial charge on any atom is 0.201 e. The summed E-state index contributed by atoms with van der Waals surface area (Å²) < 4.78 is 0. The second-order valence-electron chi connectivity index (χ2n) is 11.7. The molecule has 4 aliphatic rings. The fourth-order valence-electron chi connectivity index (χ4n) is 8.01. The summed E-state index contributed by atoms with van der Waals surface area (Å²) in [7, 11) is 0. The molecule has 9 rings (SSSR count). The largest absolute Gasteiger partial charge is 0.342 e. The molecule has 0 radical (unpaired) electrons. The highest BCUT2D eigenvalue weighted by Gasteiger charge is 2.51. The Morgan fingerprint density at radius 2 is 1.12 bits per heavy atom. The highest BCUT2D eigenvalue weighted by atomic mass is 15.4. The van der Waals surface area contributed by atoms with Gasteiger partial charge < -0.3 is 9.80 Å². The predicted octanol–water partition coefficient (Wildman–Crippen LogP) is 7.97. The molecular formula is C38H31N3. The number of anilines is 1. The zero-order chi connectivity index (χ0) is 27.0. The van der Waals surface area contributed by atoms with E-state index in [2.05, 4.69) is 125 Å². The van der Waals surface area contributed by atoms with E-state index >= 15 is 0 Å². The maximum atomic E-state index is 4.93. The van der Waals surface area contributed by atoms with E-state index in [0.717, 1.165) is 38.6 Å². The number of hydrogen-bond acceptors (Lipinski definition) is 3. The fraction of sp³-hybridized carbons (Fsp3) is 0.184. The third-order valence-electron chi connectivity index (χ3n) is 9.66. The lowest BCUT2D eigenvalue weighted by Gasteiger charge is -2.41. The van der Waals surface area contributed by atoms with Crippen LogP contribution in [-0.2, 0) is 5.41 Å². The van der Waals surface area contributed by atoms with E-state index in [1.54, 1.807) is 0 Å². The monoisotopic (exact) mass is 529 g/mol. The Hall–Kier alpha value is -4.63. The van der Waals surface area contributed by atoms with Crippen LogP contribution in [0.1, 0.15) is 35.1 Å². The van der Waals surface area contributed by atoms with Gasteiger partial charge in [0, 0.05) is 31.9 Å². The molecule has 3 nitrogen and oxygen atoms in total. The Kier molecular flexibility index (Phi) is 4.89. The van der Waals surface area contributed by atoms with E-state index in [1.807, 2.05) is 0 Å². The summed E-state index contributed by atoms with van der Waals surface area (Å²) in [6, 6.07) is 43.3. The maximum absolute atomic E-state index is 4.93. The van der Waals surface area contributed by atoms with Crippen molar-refractivity contribution in [3.63, 3.8) is 0 Å². The van der Waals surface area contributed by atoms with Gasteiger partial charge in [0.1, 0.15) is 0 Å². The number of aliphatic imine (C=N–C) groups is 1. The van der Waals surface area contributed by atoms with Crippen LogP contribution in [0, 0.1) is 0 Å². The van der Waals surface area contributed by atoms with Crippen molar-refractivity contribution in [2.75, 3.05) is 31.1 Å². The number of hydrogen-bond donors (Lipinski definition) is 0. The summed E-state index contributed by atoms with van der Waals surface area (Å²) in [5.41, 5.74) is 14.4. The first-order chi connectivity index (χ1) is 20.3. The average Bonchev–Trinajstić information content (AvgIpc) is 3.52. The van der Waals surface area contributed by atoms with Crippen molar-refractivity contribution in [1.82, 2.24) is 4.90 Å². The van der Waals surface area contributed by atoms with Crippen molar-refractivity contribution in [2.24, 2.45) is 4.99 Å². The molecule has 0 aromatic heterocycles. The second kappa shape index (κ2) is 8.68. The third kappa shape index (κ3) is 3.12. The van der Waals surface area contributed by atoms with E-state index < -0.39 is 0 Å². The van der Waals surface area contributed by atoms with Crippen LogP contribution >= 0.6 is 0 Å². The second-order valence-corrected chi connectivity index (χ2v) is 11.7. The molecule has 0 unspecified atom stereocenters.